The van der Waals surface area contributed by atoms with E-state index in [0.717, 1.165) is 0 Å². The highest BCUT2D eigenvalue weighted by Gasteiger charge is 2.15. The van der Waals surface area contributed by atoms with Crippen molar-refractivity contribution in [3.8, 4) is 11.4 Å². The van der Waals surface area contributed by atoms with Crippen LogP contribution in [0.3, 0.4) is 0 Å². The molecule has 0 aliphatic carbocycles. The average molecular weight is 344 g/mol. The molecule has 0 fully saturated rings. The van der Waals surface area contributed by atoms with E-state index >= 15 is 0 Å². The minimum Gasteiger partial charge on any atom is -0.369 e. The summed E-state index contributed by atoms with van der Waals surface area (Å²) in [6.45, 7) is 2.54. The first-order valence-corrected chi connectivity index (χ1v) is 7.85. The van der Waals surface area contributed by atoms with E-state index in [4.69, 9.17) is 10.3 Å². The van der Waals surface area contributed by atoms with Gasteiger partial charge in [-0.2, -0.15) is 10.1 Å². The van der Waals surface area contributed by atoms with Gasteiger partial charge in [0.2, 0.25) is 17.6 Å². The molecular formula is C16H17FN6O2. The van der Waals surface area contributed by atoms with Crippen molar-refractivity contribution in [1.29, 1.82) is 0 Å². The zero-order valence-electron chi connectivity index (χ0n) is 13.6. The Balaban J connectivity index is 1.71. The second-order valence-electron chi connectivity index (χ2n) is 5.39. The summed E-state index contributed by atoms with van der Waals surface area (Å²) in [6.07, 6.45) is 0.923. The van der Waals surface area contributed by atoms with Gasteiger partial charge >= 0.3 is 0 Å². The number of aromatic nitrogens is 5. The maximum absolute atomic E-state index is 13.8. The van der Waals surface area contributed by atoms with Gasteiger partial charge in [0, 0.05) is 19.4 Å². The van der Waals surface area contributed by atoms with Crippen molar-refractivity contribution in [3.63, 3.8) is 0 Å². The molecule has 1 amide bonds. The van der Waals surface area contributed by atoms with E-state index < -0.39 is 11.7 Å². The highest BCUT2D eigenvalue weighted by Crippen LogP contribution is 2.19. The molecule has 8 nitrogen and oxygen atoms in total. The maximum atomic E-state index is 13.8. The van der Waals surface area contributed by atoms with Crippen LogP contribution in [0.4, 0.5) is 4.39 Å². The molecular weight excluding hydrogens is 327 g/mol. The smallest absolute Gasteiger partial charge is 0.227 e. The van der Waals surface area contributed by atoms with Crippen LogP contribution in [-0.2, 0) is 30.6 Å². The number of nitrogens with zero attached hydrogens (tertiary/aromatic N) is 5. The number of carbonyl (C=O) groups is 1. The second-order valence-corrected chi connectivity index (χ2v) is 5.39. The molecule has 1 aromatic carbocycles. The van der Waals surface area contributed by atoms with Gasteiger partial charge in [0.25, 0.3) is 0 Å². The van der Waals surface area contributed by atoms with Crippen LogP contribution in [0.15, 0.2) is 28.8 Å². The summed E-state index contributed by atoms with van der Waals surface area (Å²) in [5, 5.41) is 8.05. The number of benzene rings is 1. The Hall–Kier alpha value is -3.10. The molecule has 25 heavy (non-hydrogen) atoms. The fourth-order valence-corrected chi connectivity index (χ4v) is 2.42. The maximum Gasteiger partial charge on any atom is 0.227 e. The van der Waals surface area contributed by atoms with Crippen molar-refractivity contribution in [2.75, 3.05) is 0 Å². The van der Waals surface area contributed by atoms with E-state index in [1.165, 1.54) is 6.07 Å². The Morgan fingerprint density at radius 3 is 2.80 bits per heavy atom. The van der Waals surface area contributed by atoms with E-state index in [1.54, 1.807) is 22.9 Å². The van der Waals surface area contributed by atoms with Crippen molar-refractivity contribution in [2.24, 2.45) is 5.73 Å². The SMILES string of the molecule is CCn1nc(CC(N)=O)nc1CCc1nc(-c2ccccc2F)no1. The molecule has 2 aromatic heterocycles. The lowest BCUT2D eigenvalue weighted by Gasteiger charge is -1.99. The lowest BCUT2D eigenvalue weighted by atomic mass is 10.2. The van der Waals surface area contributed by atoms with Crippen LogP contribution in [0.1, 0.15) is 24.5 Å². The van der Waals surface area contributed by atoms with Gasteiger partial charge in [-0.3, -0.25) is 9.48 Å². The number of carbonyl (C=O) groups excluding carboxylic acids is 1. The molecule has 0 aliphatic heterocycles. The Labute approximate surface area is 142 Å². The molecule has 0 unspecified atom stereocenters. The molecule has 130 valence electrons. The summed E-state index contributed by atoms with van der Waals surface area (Å²) >= 11 is 0. The quantitative estimate of drug-likeness (QED) is 0.691. The van der Waals surface area contributed by atoms with E-state index in [-0.39, 0.29) is 17.8 Å². The summed E-state index contributed by atoms with van der Waals surface area (Å²) in [6, 6.07) is 6.24. The highest BCUT2D eigenvalue weighted by molar-refractivity contribution is 5.75. The first-order chi connectivity index (χ1) is 12.1. The van der Waals surface area contributed by atoms with Crippen molar-refractivity contribution >= 4 is 5.91 Å². The molecule has 3 rings (SSSR count). The van der Waals surface area contributed by atoms with Gasteiger partial charge in [-0.15, -0.1) is 0 Å². The second kappa shape index (κ2) is 7.20. The van der Waals surface area contributed by atoms with Gasteiger partial charge in [0.1, 0.15) is 11.6 Å². The van der Waals surface area contributed by atoms with Crippen molar-refractivity contribution in [1.82, 2.24) is 24.9 Å². The molecule has 0 radical (unpaired) electrons. The predicted molar refractivity (Wildman–Crippen MR) is 85.7 cm³/mol. The van der Waals surface area contributed by atoms with Gasteiger partial charge < -0.3 is 10.3 Å². The number of rotatable bonds is 7. The van der Waals surface area contributed by atoms with Crippen LogP contribution in [0, 0.1) is 5.82 Å². The number of hydrogen-bond acceptors (Lipinski definition) is 6. The molecule has 3 aromatic rings. The van der Waals surface area contributed by atoms with E-state index in [0.29, 0.717) is 36.9 Å². The van der Waals surface area contributed by atoms with Crippen molar-refractivity contribution in [2.45, 2.75) is 32.7 Å². The minimum absolute atomic E-state index is 0.00199. The van der Waals surface area contributed by atoms with Crippen LogP contribution in [0.2, 0.25) is 0 Å². The average Bonchev–Trinajstić information content (AvgIpc) is 3.19. The van der Waals surface area contributed by atoms with E-state index in [1.807, 2.05) is 6.92 Å². The monoisotopic (exact) mass is 344 g/mol. The zero-order chi connectivity index (χ0) is 17.8. The van der Waals surface area contributed by atoms with Gasteiger partial charge in [0.05, 0.1) is 12.0 Å². The lowest BCUT2D eigenvalue weighted by molar-refractivity contribution is -0.117. The van der Waals surface area contributed by atoms with E-state index in [9.17, 15) is 9.18 Å². The minimum atomic E-state index is -0.480. The summed E-state index contributed by atoms with van der Waals surface area (Å²) in [4.78, 5) is 19.5. The Kier molecular flexibility index (Phi) is 4.82. The predicted octanol–water partition coefficient (Wildman–Crippen LogP) is 1.30. The first kappa shape index (κ1) is 16.7. The third-order valence-corrected chi connectivity index (χ3v) is 3.57. The van der Waals surface area contributed by atoms with Crippen molar-refractivity contribution in [3.05, 3.63) is 47.6 Å². The summed E-state index contributed by atoms with van der Waals surface area (Å²) in [7, 11) is 0. The molecule has 0 saturated carbocycles. The Bertz CT molecular complexity index is 888. The molecule has 0 bridgehead atoms. The fourth-order valence-electron chi connectivity index (χ4n) is 2.42. The zero-order valence-corrected chi connectivity index (χ0v) is 13.6. The summed E-state index contributed by atoms with van der Waals surface area (Å²) in [5.74, 6) is 0.786. The molecule has 2 N–H and O–H groups in total. The molecule has 0 saturated heterocycles. The number of halogens is 1. The normalized spacial score (nSPS) is 11.0. The Morgan fingerprint density at radius 2 is 2.08 bits per heavy atom. The molecule has 0 atom stereocenters. The fraction of sp³-hybridized carbons (Fsp3) is 0.312. The third kappa shape index (κ3) is 3.87. The lowest BCUT2D eigenvalue weighted by Crippen LogP contribution is -2.14. The largest absolute Gasteiger partial charge is 0.369 e. The van der Waals surface area contributed by atoms with Crippen LogP contribution >= 0.6 is 0 Å². The van der Waals surface area contributed by atoms with Crippen LogP contribution in [0.25, 0.3) is 11.4 Å². The van der Waals surface area contributed by atoms with Gasteiger partial charge in [-0.1, -0.05) is 17.3 Å². The number of hydrogen-bond donors (Lipinski definition) is 1. The van der Waals surface area contributed by atoms with Gasteiger partial charge in [-0.25, -0.2) is 9.37 Å². The number of aryl methyl sites for hydroxylation is 3. The third-order valence-electron chi connectivity index (χ3n) is 3.57. The van der Waals surface area contributed by atoms with Crippen molar-refractivity contribution < 1.29 is 13.7 Å². The number of primary amides is 1. The van der Waals surface area contributed by atoms with Gasteiger partial charge in [0.15, 0.2) is 5.82 Å². The first-order valence-electron chi connectivity index (χ1n) is 7.85. The van der Waals surface area contributed by atoms with Crippen LogP contribution in [0.5, 0.6) is 0 Å². The summed E-state index contributed by atoms with van der Waals surface area (Å²) in [5.41, 5.74) is 5.46. The number of amides is 1. The summed E-state index contributed by atoms with van der Waals surface area (Å²) < 4.78 is 20.6. The molecule has 9 heteroatoms. The highest BCUT2D eigenvalue weighted by atomic mass is 19.1. The Morgan fingerprint density at radius 1 is 1.28 bits per heavy atom. The standard InChI is InChI=1S/C16H17FN6O2/c1-2-23-14(19-13(21-23)9-12(18)24)7-8-15-20-16(22-25-15)10-5-3-4-6-11(10)17/h3-6H,2,7-9H2,1H3,(H2,18,24). The van der Waals surface area contributed by atoms with E-state index in [2.05, 4.69) is 20.2 Å². The van der Waals surface area contributed by atoms with Crippen LogP contribution < -0.4 is 5.73 Å². The molecule has 2 heterocycles. The molecule has 0 aliphatic rings. The van der Waals surface area contributed by atoms with Gasteiger partial charge in [-0.05, 0) is 19.1 Å². The topological polar surface area (TPSA) is 113 Å². The number of nitrogens with two attached hydrogens (primary N) is 1. The molecule has 0 spiro atoms. The van der Waals surface area contributed by atoms with Crippen LogP contribution in [-0.4, -0.2) is 30.8 Å².